The van der Waals surface area contributed by atoms with Crippen LogP contribution in [-0.4, -0.2) is 33.7 Å². The van der Waals surface area contributed by atoms with Crippen molar-refractivity contribution in [3.05, 3.63) is 46.7 Å². The molecule has 0 N–H and O–H groups in total. The van der Waals surface area contributed by atoms with Gasteiger partial charge < -0.3 is 4.90 Å². The zero-order chi connectivity index (χ0) is 12.5. The molecule has 1 aliphatic rings. The molecular formula is C13H12BrN3O. The maximum absolute atomic E-state index is 12.1. The largest absolute Gasteiger partial charge is 0.339 e. The van der Waals surface area contributed by atoms with E-state index in [9.17, 15) is 4.79 Å². The number of carbonyl (C=O) groups is 1. The standard InChI is InChI=1S/C13H12BrN3O/c14-11-8-15-17(9-11)12-4-1-3-10(7-12)13(18)16-5-2-6-16/h1,3-4,7-9H,2,5-6H2. The number of rotatable bonds is 2. The Morgan fingerprint density at radius 3 is 2.78 bits per heavy atom. The lowest BCUT2D eigenvalue weighted by atomic mass is 10.1. The van der Waals surface area contributed by atoms with Crippen LogP contribution >= 0.6 is 15.9 Å². The number of amides is 1. The number of likely N-dealkylation sites (tertiary alicyclic amines) is 1. The summed E-state index contributed by atoms with van der Waals surface area (Å²) in [5.41, 5.74) is 1.62. The van der Waals surface area contributed by atoms with Crippen molar-refractivity contribution in [3.8, 4) is 5.69 Å². The van der Waals surface area contributed by atoms with Gasteiger partial charge in [-0.2, -0.15) is 5.10 Å². The molecule has 0 aliphatic carbocycles. The first-order valence-electron chi connectivity index (χ1n) is 5.84. The van der Waals surface area contributed by atoms with E-state index in [-0.39, 0.29) is 5.91 Å². The maximum atomic E-state index is 12.1. The molecule has 3 rings (SSSR count). The highest BCUT2D eigenvalue weighted by Gasteiger charge is 2.21. The van der Waals surface area contributed by atoms with E-state index in [1.807, 2.05) is 35.4 Å². The van der Waals surface area contributed by atoms with E-state index in [0.717, 1.165) is 35.2 Å². The molecular weight excluding hydrogens is 294 g/mol. The molecule has 1 aromatic carbocycles. The number of carbonyl (C=O) groups excluding carboxylic acids is 1. The van der Waals surface area contributed by atoms with Crippen LogP contribution in [-0.2, 0) is 0 Å². The second kappa shape index (κ2) is 4.57. The molecule has 0 spiro atoms. The monoisotopic (exact) mass is 305 g/mol. The van der Waals surface area contributed by atoms with Gasteiger partial charge in [0.2, 0.25) is 0 Å². The SMILES string of the molecule is O=C(c1cccc(-n2cc(Br)cn2)c1)N1CCC1. The van der Waals surface area contributed by atoms with Crippen LogP contribution < -0.4 is 0 Å². The van der Waals surface area contributed by atoms with Gasteiger partial charge in [0.05, 0.1) is 16.4 Å². The molecule has 0 radical (unpaired) electrons. The first-order valence-corrected chi connectivity index (χ1v) is 6.63. The average molecular weight is 306 g/mol. The Morgan fingerprint density at radius 1 is 1.33 bits per heavy atom. The van der Waals surface area contributed by atoms with Crippen LogP contribution in [0.15, 0.2) is 41.1 Å². The summed E-state index contributed by atoms with van der Waals surface area (Å²) in [6.45, 7) is 1.74. The van der Waals surface area contributed by atoms with Gasteiger partial charge in [0, 0.05) is 24.8 Å². The molecule has 0 saturated carbocycles. The van der Waals surface area contributed by atoms with Crippen LogP contribution in [0.5, 0.6) is 0 Å². The quantitative estimate of drug-likeness (QED) is 0.855. The average Bonchev–Trinajstić information content (AvgIpc) is 2.74. The topological polar surface area (TPSA) is 38.1 Å². The van der Waals surface area contributed by atoms with Crippen molar-refractivity contribution in [2.75, 3.05) is 13.1 Å². The Kier molecular flexibility index (Phi) is 2.91. The smallest absolute Gasteiger partial charge is 0.253 e. The predicted octanol–water partition coefficient (Wildman–Crippen LogP) is 2.48. The van der Waals surface area contributed by atoms with Crippen molar-refractivity contribution in [2.45, 2.75) is 6.42 Å². The van der Waals surface area contributed by atoms with Crippen LogP contribution in [0, 0.1) is 0 Å². The number of aromatic nitrogens is 2. The molecule has 2 heterocycles. The van der Waals surface area contributed by atoms with E-state index in [2.05, 4.69) is 21.0 Å². The Balaban J connectivity index is 1.91. The molecule has 1 saturated heterocycles. The van der Waals surface area contributed by atoms with E-state index in [0.29, 0.717) is 0 Å². The van der Waals surface area contributed by atoms with Gasteiger partial charge >= 0.3 is 0 Å². The van der Waals surface area contributed by atoms with Gasteiger partial charge in [-0.25, -0.2) is 4.68 Å². The van der Waals surface area contributed by atoms with E-state index in [1.54, 1.807) is 10.9 Å². The molecule has 92 valence electrons. The number of hydrogen-bond donors (Lipinski definition) is 0. The van der Waals surface area contributed by atoms with Crippen LogP contribution in [0.1, 0.15) is 16.8 Å². The van der Waals surface area contributed by atoms with Crippen molar-refractivity contribution < 1.29 is 4.79 Å². The maximum Gasteiger partial charge on any atom is 0.253 e. The molecule has 18 heavy (non-hydrogen) atoms. The zero-order valence-electron chi connectivity index (χ0n) is 9.71. The minimum absolute atomic E-state index is 0.106. The minimum atomic E-state index is 0.106. The number of halogens is 1. The summed E-state index contributed by atoms with van der Waals surface area (Å²) in [5, 5.41) is 4.21. The molecule has 4 nitrogen and oxygen atoms in total. The van der Waals surface area contributed by atoms with Crippen molar-refractivity contribution in [3.63, 3.8) is 0 Å². The molecule has 0 atom stereocenters. The third-order valence-electron chi connectivity index (χ3n) is 3.05. The minimum Gasteiger partial charge on any atom is -0.339 e. The lowest BCUT2D eigenvalue weighted by Gasteiger charge is -2.31. The van der Waals surface area contributed by atoms with Crippen molar-refractivity contribution in [2.24, 2.45) is 0 Å². The summed E-state index contributed by atoms with van der Waals surface area (Å²) in [7, 11) is 0. The highest BCUT2D eigenvalue weighted by Crippen LogP contribution is 2.17. The third-order valence-corrected chi connectivity index (χ3v) is 3.46. The van der Waals surface area contributed by atoms with Crippen LogP contribution in [0.4, 0.5) is 0 Å². The number of nitrogens with zero attached hydrogens (tertiary/aromatic N) is 3. The molecule has 1 amide bonds. The molecule has 1 aliphatic heterocycles. The fourth-order valence-electron chi connectivity index (χ4n) is 1.93. The second-order valence-electron chi connectivity index (χ2n) is 4.30. The predicted molar refractivity (Wildman–Crippen MR) is 71.8 cm³/mol. The number of benzene rings is 1. The molecule has 5 heteroatoms. The highest BCUT2D eigenvalue weighted by atomic mass is 79.9. The van der Waals surface area contributed by atoms with E-state index < -0.39 is 0 Å². The Bertz CT molecular complexity index is 589. The van der Waals surface area contributed by atoms with E-state index >= 15 is 0 Å². The van der Waals surface area contributed by atoms with E-state index in [1.165, 1.54) is 0 Å². The van der Waals surface area contributed by atoms with Crippen LogP contribution in [0.2, 0.25) is 0 Å². The van der Waals surface area contributed by atoms with Gasteiger partial charge in [-0.1, -0.05) is 6.07 Å². The fraction of sp³-hybridized carbons (Fsp3) is 0.231. The molecule has 1 aromatic heterocycles. The first-order chi connectivity index (χ1) is 8.74. The van der Waals surface area contributed by atoms with Crippen LogP contribution in [0.3, 0.4) is 0 Å². The summed E-state index contributed by atoms with van der Waals surface area (Å²) in [6, 6.07) is 7.55. The fourth-order valence-corrected chi connectivity index (χ4v) is 2.21. The van der Waals surface area contributed by atoms with Crippen LogP contribution in [0.25, 0.3) is 5.69 Å². The molecule has 1 fully saturated rings. The Morgan fingerprint density at radius 2 is 2.17 bits per heavy atom. The third kappa shape index (κ3) is 2.06. The molecule has 0 bridgehead atoms. The normalized spacial score (nSPS) is 14.4. The summed E-state index contributed by atoms with van der Waals surface area (Å²) in [6.07, 6.45) is 4.70. The van der Waals surface area contributed by atoms with Gasteiger partial charge in [0.1, 0.15) is 0 Å². The van der Waals surface area contributed by atoms with Crippen molar-refractivity contribution in [1.29, 1.82) is 0 Å². The Hall–Kier alpha value is -1.62. The second-order valence-corrected chi connectivity index (χ2v) is 5.21. The molecule has 0 unspecified atom stereocenters. The van der Waals surface area contributed by atoms with Crippen molar-refractivity contribution in [1.82, 2.24) is 14.7 Å². The van der Waals surface area contributed by atoms with Gasteiger partial charge in [0.15, 0.2) is 0 Å². The summed E-state index contributed by atoms with van der Waals surface area (Å²) < 4.78 is 2.67. The first kappa shape index (κ1) is 11.5. The molecule has 2 aromatic rings. The van der Waals surface area contributed by atoms with Crippen molar-refractivity contribution >= 4 is 21.8 Å². The summed E-state index contributed by atoms with van der Waals surface area (Å²) in [5.74, 6) is 0.106. The van der Waals surface area contributed by atoms with Gasteiger partial charge in [0.25, 0.3) is 5.91 Å². The Labute approximate surface area is 113 Å². The van der Waals surface area contributed by atoms with Gasteiger partial charge in [-0.3, -0.25) is 4.79 Å². The lowest BCUT2D eigenvalue weighted by Crippen LogP contribution is -2.42. The highest BCUT2D eigenvalue weighted by molar-refractivity contribution is 9.10. The van der Waals surface area contributed by atoms with Gasteiger partial charge in [-0.15, -0.1) is 0 Å². The van der Waals surface area contributed by atoms with E-state index in [4.69, 9.17) is 0 Å². The summed E-state index contributed by atoms with van der Waals surface area (Å²) >= 11 is 3.36. The lowest BCUT2D eigenvalue weighted by molar-refractivity contribution is 0.0652. The number of hydrogen-bond acceptors (Lipinski definition) is 2. The van der Waals surface area contributed by atoms with Gasteiger partial charge in [-0.05, 0) is 40.5 Å². The summed E-state index contributed by atoms with van der Waals surface area (Å²) in [4.78, 5) is 14.0. The zero-order valence-corrected chi connectivity index (χ0v) is 11.3.